The molecule has 0 aliphatic rings. The van der Waals surface area contributed by atoms with Gasteiger partial charge in [0.25, 0.3) is 0 Å². The first-order valence-electron chi connectivity index (χ1n) is 5.04. The van der Waals surface area contributed by atoms with Crippen LogP contribution in [0, 0.1) is 11.7 Å². The zero-order valence-electron chi connectivity index (χ0n) is 9.53. The van der Waals surface area contributed by atoms with E-state index in [4.69, 9.17) is 9.84 Å². The molecule has 1 atom stereocenters. The van der Waals surface area contributed by atoms with Gasteiger partial charge in [-0.25, -0.2) is 4.39 Å². The summed E-state index contributed by atoms with van der Waals surface area (Å²) in [6.45, 7) is 3.48. The van der Waals surface area contributed by atoms with E-state index < -0.39 is 17.7 Å². The summed E-state index contributed by atoms with van der Waals surface area (Å²) in [6.07, 6.45) is 0. The highest BCUT2D eigenvalue weighted by atomic mass is 19.1. The fourth-order valence-corrected chi connectivity index (χ4v) is 1.74. The van der Waals surface area contributed by atoms with Crippen molar-refractivity contribution in [3.05, 3.63) is 29.6 Å². The maximum atomic E-state index is 13.7. The zero-order valence-corrected chi connectivity index (χ0v) is 9.53. The third kappa shape index (κ3) is 2.32. The summed E-state index contributed by atoms with van der Waals surface area (Å²) in [5.74, 6) is -2.40. The Kier molecular flexibility index (Phi) is 3.88. The average molecular weight is 226 g/mol. The highest BCUT2D eigenvalue weighted by Crippen LogP contribution is 2.34. The summed E-state index contributed by atoms with van der Waals surface area (Å²) >= 11 is 0. The van der Waals surface area contributed by atoms with Gasteiger partial charge in [-0.15, -0.1) is 0 Å². The molecule has 4 heteroatoms. The number of benzene rings is 1. The molecule has 1 rings (SSSR count). The van der Waals surface area contributed by atoms with Gasteiger partial charge in [-0.3, -0.25) is 4.79 Å². The molecule has 0 bridgehead atoms. The summed E-state index contributed by atoms with van der Waals surface area (Å²) in [7, 11) is 1.40. The average Bonchev–Trinajstić information content (AvgIpc) is 2.19. The molecule has 0 aromatic heterocycles. The Morgan fingerprint density at radius 1 is 1.44 bits per heavy atom. The molecule has 1 aromatic rings. The maximum absolute atomic E-state index is 13.7. The number of aliphatic carboxylic acids is 1. The predicted molar refractivity (Wildman–Crippen MR) is 58.2 cm³/mol. The number of ether oxygens (including phenoxy) is 1. The number of rotatable bonds is 4. The van der Waals surface area contributed by atoms with Crippen LogP contribution in [0.15, 0.2) is 18.2 Å². The van der Waals surface area contributed by atoms with Crippen molar-refractivity contribution in [2.75, 3.05) is 7.11 Å². The number of halogens is 1. The number of carboxylic acid groups (broad SMARTS) is 1. The van der Waals surface area contributed by atoms with Gasteiger partial charge in [0.05, 0.1) is 13.0 Å². The van der Waals surface area contributed by atoms with Crippen LogP contribution in [0.5, 0.6) is 5.75 Å². The van der Waals surface area contributed by atoms with E-state index >= 15 is 0 Å². The summed E-state index contributed by atoms with van der Waals surface area (Å²) in [5, 5.41) is 9.12. The molecule has 0 heterocycles. The lowest BCUT2D eigenvalue weighted by Gasteiger charge is -2.19. The Bertz CT molecular complexity index is 388. The van der Waals surface area contributed by atoms with Crippen LogP contribution in [0.1, 0.15) is 25.3 Å². The van der Waals surface area contributed by atoms with Crippen LogP contribution < -0.4 is 4.74 Å². The van der Waals surface area contributed by atoms with E-state index in [9.17, 15) is 9.18 Å². The second kappa shape index (κ2) is 4.96. The molecule has 1 aromatic carbocycles. The highest BCUT2D eigenvalue weighted by molar-refractivity contribution is 5.77. The monoisotopic (exact) mass is 226 g/mol. The molecule has 1 unspecified atom stereocenters. The molecule has 0 fully saturated rings. The fourth-order valence-electron chi connectivity index (χ4n) is 1.74. The van der Waals surface area contributed by atoms with Gasteiger partial charge < -0.3 is 9.84 Å². The normalized spacial score (nSPS) is 12.6. The van der Waals surface area contributed by atoms with Crippen molar-refractivity contribution in [1.29, 1.82) is 0 Å². The topological polar surface area (TPSA) is 46.5 Å². The second-order valence-corrected chi connectivity index (χ2v) is 3.92. The summed E-state index contributed by atoms with van der Waals surface area (Å²) in [5.41, 5.74) is 0.118. The number of carboxylic acids is 1. The number of hydrogen-bond acceptors (Lipinski definition) is 2. The lowest BCUT2D eigenvalue weighted by molar-refractivity contribution is -0.140. The first-order valence-corrected chi connectivity index (χ1v) is 5.04. The Morgan fingerprint density at radius 3 is 2.50 bits per heavy atom. The Hall–Kier alpha value is -1.58. The summed E-state index contributed by atoms with van der Waals surface area (Å²) in [4.78, 5) is 11.1. The van der Waals surface area contributed by atoms with Gasteiger partial charge in [-0.05, 0) is 18.1 Å². The summed E-state index contributed by atoms with van der Waals surface area (Å²) < 4.78 is 18.7. The maximum Gasteiger partial charge on any atom is 0.311 e. The molecule has 88 valence electrons. The number of carbonyl (C=O) groups is 1. The van der Waals surface area contributed by atoms with Gasteiger partial charge in [0.1, 0.15) is 11.6 Å². The molecule has 3 nitrogen and oxygen atoms in total. The molecule has 0 saturated carbocycles. The molecular weight excluding hydrogens is 211 g/mol. The van der Waals surface area contributed by atoms with Gasteiger partial charge in [-0.1, -0.05) is 19.9 Å². The third-order valence-corrected chi connectivity index (χ3v) is 2.48. The molecule has 0 amide bonds. The highest BCUT2D eigenvalue weighted by Gasteiger charge is 2.29. The van der Waals surface area contributed by atoms with Crippen molar-refractivity contribution < 1.29 is 19.0 Å². The van der Waals surface area contributed by atoms with E-state index in [1.807, 2.05) is 0 Å². The first-order chi connectivity index (χ1) is 7.49. The molecule has 0 spiro atoms. The lowest BCUT2D eigenvalue weighted by atomic mass is 9.87. The molecule has 0 aliphatic carbocycles. The number of methoxy groups -OCH3 is 1. The van der Waals surface area contributed by atoms with Crippen LogP contribution in [0.25, 0.3) is 0 Å². The van der Waals surface area contributed by atoms with Crippen LogP contribution in [0.4, 0.5) is 4.39 Å². The van der Waals surface area contributed by atoms with Crippen molar-refractivity contribution in [1.82, 2.24) is 0 Å². The van der Waals surface area contributed by atoms with E-state index in [-0.39, 0.29) is 17.2 Å². The molecule has 0 saturated heterocycles. The largest absolute Gasteiger partial charge is 0.496 e. The molecular formula is C12H15FO3. The van der Waals surface area contributed by atoms with Gasteiger partial charge in [0.15, 0.2) is 0 Å². The molecule has 16 heavy (non-hydrogen) atoms. The Balaban J connectivity index is 3.33. The Labute approximate surface area is 93.9 Å². The van der Waals surface area contributed by atoms with Crippen molar-refractivity contribution in [2.24, 2.45) is 5.92 Å². The SMILES string of the molecule is COc1cccc(F)c1C(C(=O)O)C(C)C. The van der Waals surface area contributed by atoms with Crippen molar-refractivity contribution in [3.8, 4) is 5.75 Å². The lowest BCUT2D eigenvalue weighted by Crippen LogP contribution is -2.19. The zero-order chi connectivity index (χ0) is 12.3. The van der Waals surface area contributed by atoms with E-state index in [1.165, 1.54) is 19.2 Å². The van der Waals surface area contributed by atoms with Crippen LogP contribution in [0.3, 0.4) is 0 Å². The van der Waals surface area contributed by atoms with Gasteiger partial charge in [0.2, 0.25) is 0 Å². The predicted octanol–water partition coefficient (Wildman–Crippen LogP) is 2.66. The molecule has 0 aliphatic heterocycles. The first kappa shape index (κ1) is 12.5. The smallest absolute Gasteiger partial charge is 0.311 e. The standard InChI is InChI=1S/C12H15FO3/c1-7(2)10(12(14)15)11-8(13)5-4-6-9(11)16-3/h4-7,10H,1-3H3,(H,14,15). The van der Waals surface area contributed by atoms with Crippen molar-refractivity contribution >= 4 is 5.97 Å². The van der Waals surface area contributed by atoms with E-state index in [1.54, 1.807) is 19.9 Å². The van der Waals surface area contributed by atoms with Gasteiger partial charge in [-0.2, -0.15) is 0 Å². The van der Waals surface area contributed by atoms with Crippen LogP contribution in [-0.2, 0) is 4.79 Å². The van der Waals surface area contributed by atoms with E-state index in [2.05, 4.69) is 0 Å². The minimum absolute atomic E-state index is 0.118. The summed E-state index contributed by atoms with van der Waals surface area (Å²) in [6, 6.07) is 4.31. The third-order valence-electron chi connectivity index (χ3n) is 2.48. The molecule has 1 N–H and O–H groups in total. The van der Waals surface area contributed by atoms with Crippen molar-refractivity contribution in [2.45, 2.75) is 19.8 Å². The number of hydrogen-bond donors (Lipinski definition) is 1. The molecule has 0 radical (unpaired) electrons. The van der Waals surface area contributed by atoms with Crippen LogP contribution >= 0.6 is 0 Å². The fraction of sp³-hybridized carbons (Fsp3) is 0.417. The second-order valence-electron chi connectivity index (χ2n) is 3.92. The quantitative estimate of drug-likeness (QED) is 0.858. The van der Waals surface area contributed by atoms with Crippen molar-refractivity contribution in [3.63, 3.8) is 0 Å². The van der Waals surface area contributed by atoms with Gasteiger partial charge >= 0.3 is 5.97 Å². The van der Waals surface area contributed by atoms with Crippen LogP contribution in [0.2, 0.25) is 0 Å². The van der Waals surface area contributed by atoms with E-state index in [0.29, 0.717) is 0 Å². The minimum Gasteiger partial charge on any atom is -0.496 e. The Morgan fingerprint density at radius 2 is 2.06 bits per heavy atom. The minimum atomic E-state index is -1.04. The van der Waals surface area contributed by atoms with E-state index in [0.717, 1.165) is 0 Å². The van der Waals surface area contributed by atoms with Crippen LogP contribution in [-0.4, -0.2) is 18.2 Å². The van der Waals surface area contributed by atoms with Gasteiger partial charge in [0, 0.05) is 5.56 Å².